The Morgan fingerprint density at radius 3 is 2.67 bits per heavy atom. The molecule has 0 spiro atoms. The van der Waals surface area contributed by atoms with Gasteiger partial charge in [0.2, 0.25) is 0 Å². The van der Waals surface area contributed by atoms with Crippen LogP contribution in [-0.2, 0) is 6.42 Å². The monoisotopic (exact) mass is 245 g/mol. The van der Waals surface area contributed by atoms with Gasteiger partial charge in [-0.1, -0.05) is 6.07 Å². The highest BCUT2D eigenvalue weighted by Crippen LogP contribution is 2.24. The zero-order chi connectivity index (χ0) is 13.1. The largest absolute Gasteiger partial charge is 0.398 e. The number of hydrogen-bond acceptors (Lipinski definition) is 5. The molecule has 0 aliphatic rings. The fraction of sp³-hybridized carbons (Fsp3) is 0.385. The van der Waals surface area contributed by atoms with Crippen molar-refractivity contribution in [2.45, 2.75) is 12.8 Å². The van der Waals surface area contributed by atoms with E-state index in [1.807, 2.05) is 18.2 Å². The summed E-state index contributed by atoms with van der Waals surface area (Å²) in [6, 6.07) is 5.61. The molecule has 0 aliphatic heterocycles. The van der Waals surface area contributed by atoms with Gasteiger partial charge in [-0.2, -0.15) is 0 Å². The summed E-state index contributed by atoms with van der Waals surface area (Å²) in [6.45, 7) is 1.01. The van der Waals surface area contributed by atoms with Gasteiger partial charge in [0, 0.05) is 12.1 Å². The van der Waals surface area contributed by atoms with Gasteiger partial charge in [0.1, 0.15) is 11.6 Å². The number of anilines is 2. The number of fused-ring (bicyclic) bond motifs is 1. The van der Waals surface area contributed by atoms with E-state index < -0.39 is 0 Å². The summed E-state index contributed by atoms with van der Waals surface area (Å²) < 4.78 is 0. The lowest BCUT2D eigenvalue weighted by Crippen LogP contribution is -2.14. The molecule has 1 aromatic heterocycles. The second-order valence-electron chi connectivity index (χ2n) is 4.67. The first-order valence-electron chi connectivity index (χ1n) is 6.03. The zero-order valence-corrected chi connectivity index (χ0v) is 10.8. The molecular weight excluding hydrogens is 226 g/mol. The number of nitrogen functional groups attached to an aromatic ring is 2. The molecule has 0 fully saturated rings. The van der Waals surface area contributed by atoms with Crippen LogP contribution in [0.2, 0.25) is 0 Å². The van der Waals surface area contributed by atoms with Crippen LogP contribution in [0.25, 0.3) is 10.9 Å². The predicted octanol–water partition coefficient (Wildman–Crippen LogP) is 1.29. The number of hydrogen-bond donors (Lipinski definition) is 2. The molecule has 0 saturated heterocycles. The summed E-state index contributed by atoms with van der Waals surface area (Å²) in [6.07, 6.45) is 1.84. The van der Waals surface area contributed by atoms with Crippen LogP contribution in [0.4, 0.5) is 11.5 Å². The van der Waals surface area contributed by atoms with Crippen LogP contribution in [0.5, 0.6) is 0 Å². The quantitative estimate of drug-likeness (QED) is 0.793. The van der Waals surface area contributed by atoms with Crippen molar-refractivity contribution in [3.8, 4) is 0 Å². The minimum Gasteiger partial charge on any atom is -0.398 e. The summed E-state index contributed by atoms with van der Waals surface area (Å²) in [5.74, 6) is 1.26. The fourth-order valence-electron chi connectivity index (χ4n) is 1.95. The molecule has 0 saturated carbocycles. The molecule has 1 heterocycles. The highest BCUT2D eigenvalue weighted by atomic mass is 15.0. The first kappa shape index (κ1) is 12.6. The van der Waals surface area contributed by atoms with E-state index in [0.717, 1.165) is 36.1 Å². The van der Waals surface area contributed by atoms with Crippen molar-refractivity contribution in [1.29, 1.82) is 0 Å². The van der Waals surface area contributed by atoms with E-state index in [0.29, 0.717) is 11.5 Å². The molecule has 18 heavy (non-hydrogen) atoms. The number of nitrogens with zero attached hydrogens (tertiary/aromatic N) is 3. The third kappa shape index (κ3) is 2.68. The smallest absolute Gasteiger partial charge is 0.137 e. The average molecular weight is 245 g/mol. The maximum atomic E-state index is 5.95. The van der Waals surface area contributed by atoms with Crippen molar-refractivity contribution >= 4 is 22.4 Å². The highest BCUT2D eigenvalue weighted by Gasteiger charge is 2.07. The second kappa shape index (κ2) is 5.18. The summed E-state index contributed by atoms with van der Waals surface area (Å²) in [5.41, 5.74) is 13.3. The number of aryl methyl sites for hydroxylation is 1. The Morgan fingerprint density at radius 1 is 1.17 bits per heavy atom. The van der Waals surface area contributed by atoms with Crippen molar-refractivity contribution in [2.24, 2.45) is 0 Å². The highest BCUT2D eigenvalue weighted by molar-refractivity contribution is 5.97. The van der Waals surface area contributed by atoms with Crippen LogP contribution in [0.3, 0.4) is 0 Å². The lowest BCUT2D eigenvalue weighted by Gasteiger charge is -2.10. The van der Waals surface area contributed by atoms with Gasteiger partial charge in [-0.15, -0.1) is 0 Å². The van der Waals surface area contributed by atoms with Crippen molar-refractivity contribution < 1.29 is 0 Å². The van der Waals surface area contributed by atoms with E-state index >= 15 is 0 Å². The summed E-state index contributed by atoms with van der Waals surface area (Å²) in [4.78, 5) is 11.0. The zero-order valence-electron chi connectivity index (χ0n) is 10.8. The molecule has 4 N–H and O–H groups in total. The Bertz CT molecular complexity index is 550. The van der Waals surface area contributed by atoms with Crippen LogP contribution >= 0.6 is 0 Å². The minimum absolute atomic E-state index is 0.470. The van der Waals surface area contributed by atoms with Crippen molar-refractivity contribution in [1.82, 2.24) is 14.9 Å². The number of benzene rings is 1. The van der Waals surface area contributed by atoms with Gasteiger partial charge < -0.3 is 16.4 Å². The molecule has 2 rings (SSSR count). The third-order valence-electron chi connectivity index (χ3n) is 2.84. The Labute approximate surface area is 107 Å². The Kier molecular flexibility index (Phi) is 3.62. The minimum atomic E-state index is 0.470. The van der Waals surface area contributed by atoms with Gasteiger partial charge in [-0.05, 0) is 39.2 Å². The van der Waals surface area contributed by atoms with Crippen molar-refractivity contribution in [2.75, 3.05) is 32.1 Å². The van der Waals surface area contributed by atoms with Crippen LogP contribution in [-0.4, -0.2) is 35.5 Å². The molecule has 0 atom stereocenters. The van der Waals surface area contributed by atoms with E-state index in [1.54, 1.807) is 0 Å². The van der Waals surface area contributed by atoms with E-state index in [9.17, 15) is 0 Å². The Hall–Kier alpha value is -1.88. The van der Waals surface area contributed by atoms with Crippen LogP contribution in [0.1, 0.15) is 12.2 Å². The Balaban J connectivity index is 2.26. The first-order valence-corrected chi connectivity index (χ1v) is 6.03. The summed E-state index contributed by atoms with van der Waals surface area (Å²) >= 11 is 0. The molecule has 0 aliphatic carbocycles. The third-order valence-corrected chi connectivity index (χ3v) is 2.84. The maximum absolute atomic E-state index is 5.95. The molecule has 0 radical (unpaired) electrons. The SMILES string of the molecule is CN(C)CCCc1nc(N)c2c(N)cccc2n1. The topological polar surface area (TPSA) is 81.1 Å². The van der Waals surface area contributed by atoms with E-state index in [4.69, 9.17) is 11.5 Å². The van der Waals surface area contributed by atoms with Gasteiger partial charge in [0.05, 0.1) is 10.9 Å². The normalized spacial score (nSPS) is 11.3. The lowest BCUT2D eigenvalue weighted by molar-refractivity contribution is 0.399. The van der Waals surface area contributed by atoms with E-state index in [2.05, 4.69) is 29.0 Å². The molecular formula is C13H19N5. The molecule has 0 bridgehead atoms. The Morgan fingerprint density at radius 2 is 1.94 bits per heavy atom. The van der Waals surface area contributed by atoms with Gasteiger partial charge in [0.25, 0.3) is 0 Å². The average Bonchev–Trinajstić information content (AvgIpc) is 2.28. The fourth-order valence-corrected chi connectivity index (χ4v) is 1.95. The van der Waals surface area contributed by atoms with Gasteiger partial charge >= 0.3 is 0 Å². The summed E-state index contributed by atoms with van der Waals surface area (Å²) in [5, 5.41) is 0.758. The van der Waals surface area contributed by atoms with E-state index in [-0.39, 0.29) is 0 Å². The number of rotatable bonds is 4. The molecule has 2 aromatic rings. The van der Waals surface area contributed by atoms with Crippen molar-refractivity contribution in [3.05, 3.63) is 24.0 Å². The van der Waals surface area contributed by atoms with E-state index in [1.165, 1.54) is 0 Å². The van der Waals surface area contributed by atoms with Crippen LogP contribution in [0, 0.1) is 0 Å². The maximum Gasteiger partial charge on any atom is 0.137 e. The number of aromatic nitrogens is 2. The van der Waals surface area contributed by atoms with Gasteiger partial charge in [0.15, 0.2) is 0 Å². The molecule has 0 unspecified atom stereocenters. The summed E-state index contributed by atoms with van der Waals surface area (Å²) in [7, 11) is 4.10. The molecule has 1 aromatic carbocycles. The standard InChI is InChI=1S/C13H19N5/c1-18(2)8-4-7-11-16-10-6-3-5-9(14)12(10)13(15)17-11/h3,5-6H,4,7-8,14H2,1-2H3,(H2,15,16,17). The first-order chi connectivity index (χ1) is 8.58. The molecule has 5 nitrogen and oxygen atoms in total. The van der Waals surface area contributed by atoms with Crippen molar-refractivity contribution in [3.63, 3.8) is 0 Å². The van der Waals surface area contributed by atoms with Crippen LogP contribution in [0.15, 0.2) is 18.2 Å². The molecule has 5 heteroatoms. The molecule has 0 amide bonds. The van der Waals surface area contributed by atoms with Crippen LogP contribution < -0.4 is 11.5 Å². The van der Waals surface area contributed by atoms with Gasteiger partial charge in [-0.25, -0.2) is 9.97 Å². The lowest BCUT2D eigenvalue weighted by atomic mass is 10.2. The molecule has 96 valence electrons. The van der Waals surface area contributed by atoms with Gasteiger partial charge in [-0.3, -0.25) is 0 Å². The predicted molar refractivity (Wildman–Crippen MR) is 75.2 cm³/mol. The number of nitrogens with two attached hydrogens (primary N) is 2. The second-order valence-corrected chi connectivity index (χ2v) is 4.67.